The molecule has 0 aliphatic heterocycles. The maximum Gasteiger partial charge on any atom is 0.153 e. The molecular weight excluding hydrogens is 1370 g/mol. The van der Waals surface area contributed by atoms with Crippen molar-refractivity contribution in [2.24, 2.45) is 71.0 Å². The van der Waals surface area contributed by atoms with Crippen molar-refractivity contribution in [3.05, 3.63) is 177 Å². The molecule has 6 atom stereocenters. The van der Waals surface area contributed by atoms with E-state index in [0.717, 1.165) is 138 Å². The van der Waals surface area contributed by atoms with Gasteiger partial charge >= 0.3 is 0 Å². The molecule has 0 radical (unpaired) electrons. The highest BCUT2D eigenvalue weighted by Crippen LogP contribution is 2.36. The van der Waals surface area contributed by atoms with Crippen LogP contribution in [0.1, 0.15) is 334 Å². The summed E-state index contributed by atoms with van der Waals surface area (Å²) in [5.74, 6) is 49.1. The van der Waals surface area contributed by atoms with Crippen LogP contribution >= 0.6 is 0 Å². The van der Waals surface area contributed by atoms with Gasteiger partial charge in [-0.1, -0.05) is 299 Å². The molecule has 6 heteroatoms. The van der Waals surface area contributed by atoms with Crippen molar-refractivity contribution >= 4 is 0 Å². The van der Waals surface area contributed by atoms with E-state index in [-0.39, 0.29) is 0 Å². The topological polar surface area (TPSA) is 55.4 Å². The molecule has 6 rings (SSSR count). The van der Waals surface area contributed by atoms with Gasteiger partial charge in [-0.2, -0.15) is 0 Å². The minimum absolute atomic E-state index is 0.407. The van der Waals surface area contributed by atoms with Gasteiger partial charge in [0.1, 0.15) is 28.7 Å². The summed E-state index contributed by atoms with van der Waals surface area (Å²) < 4.78 is 39.4. The van der Waals surface area contributed by atoms with Gasteiger partial charge < -0.3 is 28.4 Å². The third-order valence-electron chi connectivity index (χ3n) is 21.5. The minimum Gasteiger partial charge on any atom is -0.494 e. The van der Waals surface area contributed by atoms with Gasteiger partial charge in [0.15, 0.2) is 5.75 Å². The van der Waals surface area contributed by atoms with Crippen molar-refractivity contribution in [3.63, 3.8) is 0 Å². The monoisotopic (exact) mass is 1520 g/mol. The number of rotatable bonds is 48. The normalized spacial score (nSPS) is 12.8. The molecule has 0 heterocycles. The largest absolute Gasteiger partial charge is 0.494 e. The lowest BCUT2D eigenvalue weighted by Crippen LogP contribution is -2.10. The summed E-state index contributed by atoms with van der Waals surface area (Å²) in [7, 11) is 0. The third kappa shape index (κ3) is 39.1. The van der Waals surface area contributed by atoms with Crippen molar-refractivity contribution < 1.29 is 28.4 Å². The van der Waals surface area contributed by atoms with E-state index in [0.29, 0.717) is 115 Å². The number of hydrogen-bond acceptors (Lipinski definition) is 6. The molecule has 0 saturated heterocycles. The quantitative estimate of drug-likeness (QED) is 0.0355. The Morgan fingerprint density at radius 3 is 0.518 bits per heavy atom. The summed E-state index contributed by atoms with van der Waals surface area (Å²) in [6.45, 7) is 45.4. The Hall–Kier alpha value is -8.08. The predicted molar refractivity (Wildman–Crippen MR) is 476 cm³/mol. The molecular formula is C106H146O6. The zero-order valence-corrected chi connectivity index (χ0v) is 73.1. The van der Waals surface area contributed by atoms with E-state index in [9.17, 15) is 0 Å². The Morgan fingerprint density at radius 1 is 0.179 bits per heavy atom. The SMILES string of the molecule is CC(C)CCCC(C)CCOc1ccc(C#Cc2c(C#Cc3ccc(OCCC(C)CCCC(C)C)cc3)c(C#Cc3ccc(OCCC(C)CCCC(C)C)cc3)c(OCCC(C)CCCC(C)C)c(C#Cc3ccc(OCCC(C)CCCC(C)C)cc3)c2C#Cc2ccc(OCCC(C)CCCC(C)C)cc2)cc1. The van der Waals surface area contributed by atoms with Gasteiger partial charge in [-0.3, -0.25) is 0 Å². The fraction of sp³-hybridized carbons (Fsp3) is 0.566. The molecule has 0 spiro atoms. The van der Waals surface area contributed by atoms with Gasteiger partial charge in [-0.15, -0.1) is 0 Å². The molecule has 0 fully saturated rings. The Labute approximate surface area is 684 Å². The lowest BCUT2D eigenvalue weighted by Gasteiger charge is -2.18. The molecule has 0 N–H and O–H groups in total. The fourth-order valence-electron chi connectivity index (χ4n) is 13.7. The number of benzene rings is 6. The molecule has 0 bridgehead atoms. The zero-order valence-electron chi connectivity index (χ0n) is 73.1. The van der Waals surface area contributed by atoms with Crippen LogP contribution in [0.25, 0.3) is 0 Å². The Bertz CT molecular complexity index is 3720. The first-order valence-corrected chi connectivity index (χ1v) is 44.1. The molecule has 6 aromatic rings. The molecule has 0 aromatic heterocycles. The van der Waals surface area contributed by atoms with Crippen molar-refractivity contribution in [2.45, 2.75) is 279 Å². The van der Waals surface area contributed by atoms with Crippen LogP contribution in [-0.2, 0) is 0 Å². The Balaban J connectivity index is 1.60. The van der Waals surface area contributed by atoms with Gasteiger partial charge in [0, 0.05) is 27.8 Å². The zero-order chi connectivity index (χ0) is 80.8. The third-order valence-corrected chi connectivity index (χ3v) is 21.5. The van der Waals surface area contributed by atoms with Crippen LogP contribution < -0.4 is 28.4 Å². The Morgan fingerprint density at radius 2 is 0.339 bits per heavy atom. The maximum absolute atomic E-state index is 7.40. The highest BCUT2D eigenvalue weighted by atomic mass is 16.5. The van der Waals surface area contributed by atoms with Crippen molar-refractivity contribution in [1.29, 1.82) is 0 Å². The average molecular weight is 1520 g/mol. The summed E-state index contributed by atoms with van der Waals surface area (Å²) >= 11 is 0. The first kappa shape index (κ1) is 92.8. The summed E-state index contributed by atoms with van der Waals surface area (Å²) in [6, 6.07) is 40.8. The standard InChI is InChI=1S/C106H146O6/c1-79(2)25-19-31-85(13)67-73-107-96-52-37-91(38-53-96)47-62-101-102(63-48-92-39-54-97(55-40-92)108-74-68-86(14)32-20-26-80(3)4)104(65-50-94-43-58-99(59-44-94)110-76-70-88(16)34-22-28-82(7)8)106(112-78-72-90(18)36-24-30-84(11)12)105(66-51-95-45-60-100(61-46-95)111-77-71-89(17)35-23-29-83(9)10)103(101)64-49-93-41-56-98(57-42-93)109-75-69-87(15)33-21-27-81(5)6/h37-46,52-61,79-90H,19-36,67-78H2,1-18H3. The Kier molecular flexibility index (Phi) is 44.0. The average Bonchev–Trinajstić information content (AvgIpc) is 0.762. The molecule has 0 aliphatic rings. The van der Waals surface area contributed by atoms with Crippen LogP contribution in [0.3, 0.4) is 0 Å². The summed E-state index contributed by atoms with van der Waals surface area (Å²) in [5, 5.41) is 0. The molecule has 112 heavy (non-hydrogen) atoms. The van der Waals surface area contributed by atoms with Crippen LogP contribution in [0.15, 0.2) is 121 Å². The van der Waals surface area contributed by atoms with E-state index in [1.54, 1.807) is 0 Å². The van der Waals surface area contributed by atoms with E-state index in [2.05, 4.69) is 184 Å². The van der Waals surface area contributed by atoms with Crippen molar-refractivity contribution in [2.75, 3.05) is 39.6 Å². The van der Waals surface area contributed by atoms with E-state index < -0.39 is 0 Å². The van der Waals surface area contributed by atoms with Gasteiger partial charge in [-0.25, -0.2) is 0 Å². The van der Waals surface area contributed by atoms with Crippen molar-refractivity contribution in [1.82, 2.24) is 0 Å². The lowest BCUT2D eigenvalue weighted by atomic mass is 9.89. The van der Waals surface area contributed by atoms with E-state index >= 15 is 0 Å². The van der Waals surface area contributed by atoms with E-state index in [4.69, 9.17) is 28.4 Å². The van der Waals surface area contributed by atoms with Crippen LogP contribution in [0.2, 0.25) is 0 Å². The summed E-state index contributed by atoms with van der Waals surface area (Å²) in [5.41, 5.74) is 7.06. The van der Waals surface area contributed by atoms with E-state index in [1.807, 2.05) is 121 Å². The molecule has 6 nitrogen and oxygen atoms in total. The molecule has 6 aromatic carbocycles. The first-order chi connectivity index (χ1) is 53.9. The van der Waals surface area contributed by atoms with Gasteiger partial charge in [-0.05, 0) is 231 Å². The van der Waals surface area contributed by atoms with Gasteiger partial charge in [0.25, 0.3) is 0 Å². The predicted octanol–water partition coefficient (Wildman–Crippen LogP) is 28.1. The maximum atomic E-state index is 7.40. The van der Waals surface area contributed by atoms with Crippen LogP contribution in [0.4, 0.5) is 0 Å². The van der Waals surface area contributed by atoms with Crippen LogP contribution in [0, 0.1) is 130 Å². The van der Waals surface area contributed by atoms with E-state index in [1.165, 1.54) is 103 Å². The molecule has 6 unspecified atom stereocenters. The fourth-order valence-corrected chi connectivity index (χ4v) is 13.7. The second kappa shape index (κ2) is 53.1. The molecule has 606 valence electrons. The van der Waals surface area contributed by atoms with Crippen LogP contribution in [-0.4, -0.2) is 39.6 Å². The summed E-state index contributed by atoms with van der Waals surface area (Å²) in [6.07, 6.45) is 27.9. The first-order valence-electron chi connectivity index (χ1n) is 44.1. The smallest absolute Gasteiger partial charge is 0.153 e. The second-order valence-electron chi connectivity index (χ2n) is 35.5. The summed E-state index contributed by atoms with van der Waals surface area (Å²) in [4.78, 5) is 0. The lowest BCUT2D eigenvalue weighted by molar-refractivity contribution is 0.274. The minimum atomic E-state index is 0.407. The van der Waals surface area contributed by atoms with Crippen molar-refractivity contribution in [3.8, 4) is 93.7 Å². The van der Waals surface area contributed by atoms with Gasteiger partial charge in [0.05, 0.1) is 67.5 Å². The number of hydrogen-bond donors (Lipinski definition) is 0. The molecule has 0 amide bonds. The molecule has 0 saturated carbocycles. The number of ether oxygens (including phenoxy) is 6. The molecule has 0 aliphatic carbocycles. The van der Waals surface area contributed by atoms with Gasteiger partial charge in [0.2, 0.25) is 0 Å². The highest BCUT2D eigenvalue weighted by Gasteiger charge is 2.24. The highest BCUT2D eigenvalue weighted by molar-refractivity contribution is 5.78. The second-order valence-corrected chi connectivity index (χ2v) is 35.5. The van der Waals surface area contributed by atoms with Crippen LogP contribution in [0.5, 0.6) is 34.5 Å².